The van der Waals surface area contributed by atoms with Gasteiger partial charge in [0.2, 0.25) is 0 Å². The summed E-state index contributed by atoms with van der Waals surface area (Å²) >= 11 is 0. The summed E-state index contributed by atoms with van der Waals surface area (Å²) in [7, 11) is 3.28. The lowest BCUT2D eigenvalue weighted by atomic mass is 9.51. The first-order valence-corrected chi connectivity index (χ1v) is 7.79. The van der Waals surface area contributed by atoms with Crippen molar-refractivity contribution in [2.45, 2.75) is 38.7 Å². The van der Waals surface area contributed by atoms with E-state index < -0.39 is 0 Å². The van der Waals surface area contributed by atoms with Crippen molar-refractivity contribution in [3.05, 3.63) is 12.2 Å². The zero-order chi connectivity index (χ0) is 15.6. The van der Waals surface area contributed by atoms with E-state index in [1.54, 1.807) is 14.2 Å². The molecule has 0 aromatic heterocycles. The molecule has 0 amide bonds. The predicted octanol–water partition coefficient (Wildman–Crippen LogP) is 2.21. The molecule has 1 N–H and O–H groups in total. The standard InChI is InChI=1S/C17H28O4/c1-11-5-6-16(21-4)13(9-20-3)15(19)7-14-12(11)8-17(14,2)10-18/h12-14,16,18H,1,5-10H2,2-4H3/t12-,13-,14-,16+,17-/m1/s1. The van der Waals surface area contributed by atoms with Crippen molar-refractivity contribution >= 4 is 5.78 Å². The van der Waals surface area contributed by atoms with Gasteiger partial charge >= 0.3 is 0 Å². The van der Waals surface area contributed by atoms with Crippen LogP contribution in [-0.2, 0) is 14.3 Å². The van der Waals surface area contributed by atoms with Gasteiger partial charge in [-0.1, -0.05) is 19.1 Å². The Kier molecular flexibility index (Phi) is 5.23. The van der Waals surface area contributed by atoms with Crippen molar-refractivity contribution in [2.24, 2.45) is 23.2 Å². The Hall–Kier alpha value is -0.710. The van der Waals surface area contributed by atoms with E-state index in [1.807, 2.05) is 0 Å². The number of Topliss-reactive ketones (excluding diaryl/α,β-unsaturated/α-hetero) is 1. The van der Waals surface area contributed by atoms with E-state index in [-0.39, 0.29) is 35.7 Å². The van der Waals surface area contributed by atoms with Gasteiger partial charge < -0.3 is 14.6 Å². The highest BCUT2D eigenvalue weighted by Gasteiger charge is 2.52. The quantitative estimate of drug-likeness (QED) is 0.808. The summed E-state index contributed by atoms with van der Waals surface area (Å²) in [6, 6.07) is 0. The van der Waals surface area contributed by atoms with Crippen LogP contribution in [0, 0.1) is 23.2 Å². The maximum Gasteiger partial charge on any atom is 0.141 e. The van der Waals surface area contributed by atoms with E-state index in [1.165, 1.54) is 5.57 Å². The average Bonchev–Trinajstić information content (AvgIpc) is 2.51. The van der Waals surface area contributed by atoms with Gasteiger partial charge in [-0.3, -0.25) is 4.79 Å². The summed E-state index contributed by atoms with van der Waals surface area (Å²) in [5.74, 6) is 0.560. The fraction of sp³-hybridized carbons (Fsp3) is 0.824. The Morgan fingerprint density at radius 1 is 1.43 bits per heavy atom. The number of methoxy groups -OCH3 is 2. The number of carbonyl (C=O) groups excluding carboxylic acids is 1. The van der Waals surface area contributed by atoms with Crippen LogP contribution in [0.2, 0.25) is 0 Å². The van der Waals surface area contributed by atoms with Crippen LogP contribution >= 0.6 is 0 Å². The molecule has 0 aromatic rings. The molecule has 0 spiro atoms. The minimum atomic E-state index is -0.213. The smallest absolute Gasteiger partial charge is 0.141 e. The van der Waals surface area contributed by atoms with Crippen molar-refractivity contribution in [1.29, 1.82) is 0 Å². The van der Waals surface area contributed by atoms with Crippen LogP contribution in [-0.4, -0.2) is 44.4 Å². The lowest BCUT2D eigenvalue weighted by molar-refractivity contribution is -0.136. The van der Waals surface area contributed by atoms with Gasteiger partial charge in [-0.15, -0.1) is 0 Å². The highest BCUT2D eigenvalue weighted by molar-refractivity contribution is 5.82. The minimum absolute atomic E-state index is 0.105. The number of ether oxygens (including phenoxy) is 2. The molecule has 120 valence electrons. The maximum absolute atomic E-state index is 12.7. The molecule has 0 bridgehead atoms. The average molecular weight is 296 g/mol. The van der Waals surface area contributed by atoms with Crippen LogP contribution in [0.1, 0.15) is 32.6 Å². The third kappa shape index (κ3) is 3.08. The van der Waals surface area contributed by atoms with Gasteiger partial charge in [-0.05, 0) is 36.5 Å². The summed E-state index contributed by atoms with van der Waals surface area (Å²) in [5.41, 5.74) is 1.06. The first-order chi connectivity index (χ1) is 9.96. The zero-order valence-corrected chi connectivity index (χ0v) is 13.4. The number of aliphatic hydroxyl groups is 1. The number of fused-ring (bicyclic) bond motifs is 1. The Morgan fingerprint density at radius 2 is 2.14 bits per heavy atom. The lowest BCUT2D eigenvalue weighted by Crippen LogP contribution is -2.50. The van der Waals surface area contributed by atoms with Crippen molar-refractivity contribution in [2.75, 3.05) is 27.4 Å². The monoisotopic (exact) mass is 296 g/mol. The molecule has 4 heteroatoms. The molecule has 0 aromatic carbocycles. The molecular formula is C17H28O4. The Morgan fingerprint density at radius 3 is 2.71 bits per heavy atom. The Balaban J connectivity index is 2.23. The van der Waals surface area contributed by atoms with Crippen LogP contribution in [0.5, 0.6) is 0 Å². The lowest BCUT2D eigenvalue weighted by Gasteiger charge is -2.53. The van der Waals surface area contributed by atoms with Crippen molar-refractivity contribution in [3.8, 4) is 0 Å². The molecule has 2 fully saturated rings. The molecule has 4 nitrogen and oxygen atoms in total. The van der Waals surface area contributed by atoms with E-state index >= 15 is 0 Å². The van der Waals surface area contributed by atoms with Crippen LogP contribution in [0.15, 0.2) is 12.2 Å². The summed E-state index contributed by atoms with van der Waals surface area (Å²) in [5, 5.41) is 9.67. The zero-order valence-electron chi connectivity index (χ0n) is 13.4. The number of ketones is 1. The number of rotatable bonds is 4. The normalized spacial score (nSPS) is 40.8. The molecule has 0 unspecified atom stereocenters. The summed E-state index contributed by atoms with van der Waals surface area (Å²) in [6.07, 6.45) is 3.02. The van der Waals surface area contributed by atoms with Gasteiger partial charge in [0, 0.05) is 27.2 Å². The summed E-state index contributed by atoms with van der Waals surface area (Å²) in [4.78, 5) is 12.7. The topological polar surface area (TPSA) is 55.8 Å². The molecule has 5 atom stereocenters. The second-order valence-electron chi connectivity index (χ2n) is 6.93. The first kappa shape index (κ1) is 16.7. The van der Waals surface area contributed by atoms with E-state index in [0.29, 0.717) is 18.9 Å². The fourth-order valence-electron chi connectivity index (χ4n) is 4.07. The number of hydrogen-bond donors (Lipinski definition) is 1. The van der Waals surface area contributed by atoms with Gasteiger partial charge in [-0.25, -0.2) is 0 Å². The molecule has 2 aliphatic carbocycles. The molecule has 0 aliphatic heterocycles. The Bertz CT molecular complexity index is 406. The van der Waals surface area contributed by atoms with Crippen LogP contribution in [0.4, 0.5) is 0 Å². The second-order valence-corrected chi connectivity index (χ2v) is 6.93. The van der Waals surface area contributed by atoms with Gasteiger partial charge in [0.15, 0.2) is 0 Å². The number of hydrogen-bond acceptors (Lipinski definition) is 4. The molecule has 2 rings (SSSR count). The van der Waals surface area contributed by atoms with E-state index in [0.717, 1.165) is 19.3 Å². The van der Waals surface area contributed by atoms with Gasteiger partial charge in [0.1, 0.15) is 5.78 Å². The van der Waals surface area contributed by atoms with Gasteiger partial charge in [0.05, 0.1) is 18.6 Å². The number of allylic oxidation sites excluding steroid dienone is 1. The third-order valence-corrected chi connectivity index (χ3v) is 5.64. The van der Waals surface area contributed by atoms with Gasteiger partial charge in [-0.2, -0.15) is 0 Å². The maximum atomic E-state index is 12.7. The SMILES string of the molecule is C=C1CC[C@H](OC)[C@H](COC)C(=O)C[C@@H]2[C@@H]1C[C@]2(C)CO. The molecule has 2 saturated carbocycles. The van der Waals surface area contributed by atoms with Gasteiger partial charge in [0.25, 0.3) is 0 Å². The van der Waals surface area contributed by atoms with Crippen molar-refractivity contribution < 1.29 is 19.4 Å². The Labute approximate surface area is 127 Å². The number of carbonyl (C=O) groups is 1. The summed E-state index contributed by atoms with van der Waals surface area (Å²) in [6.45, 7) is 6.84. The van der Waals surface area contributed by atoms with E-state index in [9.17, 15) is 9.90 Å². The molecule has 2 aliphatic rings. The highest BCUT2D eigenvalue weighted by atomic mass is 16.5. The predicted molar refractivity (Wildman–Crippen MR) is 81.0 cm³/mol. The highest BCUT2D eigenvalue weighted by Crippen LogP contribution is 2.56. The largest absolute Gasteiger partial charge is 0.396 e. The second kappa shape index (κ2) is 6.59. The van der Waals surface area contributed by atoms with Crippen LogP contribution in [0.25, 0.3) is 0 Å². The summed E-state index contributed by atoms with van der Waals surface area (Å²) < 4.78 is 10.8. The van der Waals surface area contributed by atoms with Crippen molar-refractivity contribution in [3.63, 3.8) is 0 Å². The molecule has 21 heavy (non-hydrogen) atoms. The van der Waals surface area contributed by atoms with E-state index in [4.69, 9.17) is 9.47 Å². The number of aliphatic hydroxyl groups excluding tert-OH is 1. The van der Waals surface area contributed by atoms with Crippen LogP contribution in [0.3, 0.4) is 0 Å². The van der Waals surface area contributed by atoms with Crippen LogP contribution < -0.4 is 0 Å². The third-order valence-electron chi connectivity index (χ3n) is 5.64. The first-order valence-electron chi connectivity index (χ1n) is 7.79. The molecule has 0 radical (unpaired) electrons. The van der Waals surface area contributed by atoms with Crippen molar-refractivity contribution in [1.82, 2.24) is 0 Å². The molecule has 0 heterocycles. The molecule has 0 saturated heterocycles. The molecular weight excluding hydrogens is 268 g/mol. The fourth-order valence-corrected chi connectivity index (χ4v) is 4.07. The minimum Gasteiger partial charge on any atom is -0.396 e. The van der Waals surface area contributed by atoms with E-state index in [2.05, 4.69) is 13.5 Å².